The van der Waals surface area contributed by atoms with Gasteiger partial charge in [0, 0.05) is 38.4 Å². The Morgan fingerprint density at radius 1 is 0.707 bits per heavy atom. The zero-order chi connectivity index (χ0) is 29.1. The van der Waals surface area contributed by atoms with Crippen LogP contribution in [0.4, 0.5) is 41.6 Å². The fraction of sp³-hybridized carbons (Fsp3) is 0.182. The number of hydrogen-bond donors (Lipinski definition) is 0. The molecule has 4 aromatic carbocycles. The summed E-state index contributed by atoms with van der Waals surface area (Å²) < 4.78 is 43.5. The molecular formula is C33H30F3N5+2. The van der Waals surface area contributed by atoms with Crippen molar-refractivity contribution in [3.8, 4) is 0 Å². The number of nitrogens with zero attached hydrogens (tertiary/aromatic N) is 5. The van der Waals surface area contributed by atoms with Gasteiger partial charge in [0.2, 0.25) is 19.0 Å². The lowest BCUT2D eigenvalue weighted by molar-refractivity contribution is -0.435. The van der Waals surface area contributed by atoms with Crippen LogP contribution in [0.2, 0.25) is 0 Å². The highest BCUT2D eigenvalue weighted by molar-refractivity contribution is 5.89. The van der Waals surface area contributed by atoms with Crippen LogP contribution in [-0.2, 0) is 6.18 Å². The first kappa shape index (κ1) is 27.7. The number of fused-ring (bicyclic) bond motifs is 2. The summed E-state index contributed by atoms with van der Waals surface area (Å²) in [4.78, 5) is 7.37. The molecule has 0 aromatic heterocycles. The molecule has 0 spiro atoms. The summed E-state index contributed by atoms with van der Waals surface area (Å²) in [6, 6.07) is 28.0. The minimum absolute atomic E-state index is 0.234. The van der Waals surface area contributed by atoms with E-state index < -0.39 is 11.7 Å². The number of alkyl halides is 3. The first-order chi connectivity index (χ1) is 19.7. The molecule has 0 atom stereocenters. The van der Waals surface area contributed by atoms with Crippen LogP contribution in [0.1, 0.15) is 22.3 Å². The smallest absolute Gasteiger partial charge is 0.319 e. The van der Waals surface area contributed by atoms with Crippen molar-refractivity contribution in [2.45, 2.75) is 13.1 Å². The third-order valence-electron chi connectivity index (χ3n) is 7.10. The van der Waals surface area contributed by atoms with Gasteiger partial charge in [-0.2, -0.15) is 22.3 Å². The minimum atomic E-state index is -4.34. The lowest BCUT2D eigenvalue weighted by Crippen LogP contribution is -2.34. The molecule has 2 aliphatic rings. The molecule has 0 bridgehead atoms. The maximum atomic E-state index is 13.1. The maximum Gasteiger partial charge on any atom is 0.418 e. The summed E-state index contributed by atoms with van der Waals surface area (Å²) >= 11 is 0. The van der Waals surface area contributed by atoms with Crippen molar-refractivity contribution in [2.75, 3.05) is 37.2 Å². The van der Waals surface area contributed by atoms with E-state index in [0.717, 1.165) is 24.1 Å². The Labute approximate surface area is 238 Å². The van der Waals surface area contributed by atoms with Crippen molar-refractivity contribution in [3.05, 3.63) is 125 Å². The van der Waals surface area contributed by atoms with E-state index in [1.165, 1.54) is 22.9 Å². The van der Waals surface area contributed by atoms with Crippen LogP contribution in [0, 0.1) is 13.5 Å². The van der Waals surface area contributed by atoms with Crippen LogP contribution < -0.4 is 9.80 Å². The van der Waals surface area contributed by atoms with E-state index in [0.29, 0.717) is 17.9 Å². The van der Waals surface area contributed by atoms with E-state index in [-0.39, 0.29) is 5.69 Å². The topological polar surface area (TPSA) is 16.9 Å². The van der Waals surface area contributed by atoms with E-state index in [4.69, 9.17) is 6.57 Å². The van der Waals surface area contributed by atoms with E-state index in [1.807, 2.05) is 59.2 Å². The number of rotatable bonds is 2. The summed E-state index contributed by atoms with van der Waals surface area (Å²) in [5, 5.41) is 0. The number of hydrogen-bond acceptors (Lipinski definition) is 2. The molecule has 0 aliphatic carbocycles. The summed E-state index contributed by atoms with van der Waals surface area (Å²) in [7, 11) is 3.78. The van der Waals surface area contributed by atoms with Crippen LogP contribution in [0.15, 0.2) is 91.0 Å². The van der Waals surface area contributed by atoms with Crippen molar-refractivity contribution in [2.24, 2.45) is 0 Å². The standard InChI is InChI=1S/C17H16N3.C16H14F3N2/c1-13-6-4-7-14-11-20(12-19(3)17(13)14)16-9-5-8-15(10-16)18-2;1-20-11-21(13-7-3-2-4-8-13)10-12-6-5-9-14(15(12)20)16(17,18)19/h4-11H,12H2,1,3H3;2-10H,11H2,1H3/q2*+1. The van der Waals surface area contributed by atoms with Gasteiger partial charge in [-0.05, 0) is 30.7 Å². The molecule has 0 N–H and O–H groups in total. The maximum absolute atomic E-state index is 13.1. The molecule has 0 saturated heterocycles. The molecule has 0 saturated carbocycles. The zero-order valence-corrected chi connectivity index (χ0v) is 23.1. The summed E-state index contributed by atoms with van der Waals surface area (Å²) in [5.74, 6) is 0. The van der Waals surface area contributed by atoms with Crippen molar-refractivity contribution < 1.29 is 22.3 Å². The second kappa shape index (κ2) is 11.3. The SMILES string of the molecule is CN1C[N+](c2ccccc2)=Cc2cccc(C(F)(F)F)c21.[C-]#[N+]c1cccc([N+]2=Cc3cccc(C)c3N(C)C2)c1. The van der Waals surface area contributed by atoms with Crippen LogP contribution in [0.3, 0.4) is 0 Å². The van der Waals surface area contributed by atoms with E-state index in [9.17, 15) is 13.2 Å². The largest absolute Gasteiger partial charge is 0.418 e. The number of benzene rings is 4. The lowest BCUT2D eigenvalue weighted by atomic mass is 10.0. The molecule has 2 heterocycles. The Hall–Kier alpha value is -4.90. The molecule has 5 nitrogen and oxygen atoms in total. The van der Waals surface area contributed by atoms with E-state index in [2.05, 4.69) is 52.7 Å². The Kier molecular flexibility index (Phi) is 7.62. The summed E-state index contributed by atoms with van der Waals surface area (Å²) in [6.45, 7) is 10.4. The van der Waals surface area contributed by atoms with Crippen LogP contribution in [0.5, 0.6) is 0 Å². The predicted molar refractivity (Wildman–Crippen MR) is 158 cm³/mol. The van der Waals surface area contributed by atoms with Gasteiger partial charge in [0.1, 0.15) is 0 Å². The molecule has 0 fully saturated rings. The van der Waals surface area contributed by atoms with Gasteiger partial charge in [-0.1, -0.05) is 48.5 Å². The first-order valence-corrected chi connectivity index (χ1v) is 13.1. The second-order valence-corrected chi connectivity index (χ2v) is 10.1. The van der Waals surface area contributed by atoms with Gasteiger partial charge in [-0.15, -0.1) is 0 Å². The average molecular weight is 554 g/mol. The van der Waals surface area contributed by atoms with Crippen molar-refractivity contribution >= 4 is 40.9 Å². The fourth-order valence-electron chi connectivity index (χ4n) is 5.32. The van der Waals surface area contributed by atoms with Gasteiger partial charge in [0.05, 0.1) is 34.6 Å². The van der Waals surface area contributed by atoms with Gasteiger partial charge in [-0.25, -0.2) is 4.85 Å². The molecule has 6 rings (SSSR count). The van der Waals surface area contributed by atoms with E-state index in [1.54, 1.807) is 24.2 Å². The Morgan fingerprint density at radius 2 is 1.27 bits per heavy atom. The van der Waals surface area contributed by atoms with Crippen LogP contribution >= 0.6 is 0 Å². The van der Waals surface area contributed by atoms with Crippen LogP contribution in [0.25, 0.3) is 4.85 Å². The molecule has 4 aromatic rings. The monoisotopic (exact) mass is 553 g/mol. The van der Waals surface area contributed by atoms with Gasteiger partial charge >= 0.3 is 6.18 Å². The normalized spacial score (nSPS) is 14.1. The molecule has 8 heteroatoms. The third kappa shape index (κ3) is 5.85. The Balaban J connectivity index is 0.000000165. The van der Waals surface area contributed by atoms with Gasteiger partial charge in [0.25, 0.3) is 0 Å². The molecule has 41 heavy (non-hydrogen) atoms. The number of aryl methyl sites for hydroxylation is 1. The minimum Gasteiger partial charge on any atom is -0.319 e. The highest BCUT2D eigenvalue weighted by Crippen LogP contribution is 2.39. The van der Waals surface area contributed by atoms with Crippen molar-refractivity contribution in [3.63, 3.8) is 0 Å². The highest BCUT2D eigenvalue weighted by atomic mass is 19.4. The van der Waals surface area contributed by atoms with Crippen molar-refractivity contribution in [1.82, 2.24) is 0 Å². The van der Waals surface area contributed by atoms with Gasteiger partial charge in [0.15, 0.2) is 23.8 Å². The predicted octanol–water partition coefficient (Wildman–Crippen LogP) is 7.59. The van der Waals surface area contributed by atoms with E-state index >= 15 is 0 Å². The zero-order valence-electron chi connectivity index (χ0n) is 23.1. The Morgan fingerprint density at radius 3 is 1.93 bits per heavy atom. The average Bonchev–Trinajstić information content (AvgIpc) is 2.97. The second-order valence-electron chi connectivity index (χ2n) is 10.1. The number of anilines is 2. The molecular weight excluding hydrogens is 523 g/mol. The fourth-order valence-corrected chi connectivity index (χ4v) is 5.32. The number of para-hydroxylation sites is 3. The van der Waals surface area contributed by atoms with Gasteiger partial charge < -0.3 is 9.80 Å². The quantitative estimate of drug-likeness (QED) is 0.188. The summed E-state index contributed by atoms with van der Waals surface area (Å²) in [6.07, 6.45) is -0.423. The molecule has 206 valence electrons. The molecule has 0 unspecified atom stereocenters. The van der Waals surface area contributed by atoms with Crippen molar-refractivity contribution in [1.29, 1.82) is 0 Å². The molecule has 0 amide bonds. The third-order valence-corrected chi connectivity index (χ3v) is 7.10. The summed E-state index contributed by atoms with van der Waals surface area (Å²) in [5.41, 5.74) is 6.68. The number of halogens is 3. The van der Waals surface area contributed by atoms with Crippen LogP contribution in [-0.4, -0.2) is 49.0 Å². The molecule has 0 radical (unpaired) electrons. The lowest BCUT2D eigenvalue weighted by Gasteiger charge is -2.26. The Bertz CT molecular complexity index is 1680. The van der Waals surface area contributed by atoms with Gasteiger partial charge in [-0.3, -0.25) is 0 Å². The highest BCUT2D eigenvalue weighted by Gasteiger charge is 2.37. The first-order valence-electron chi connectivity index (χ1n) is 13.1. The molecule has 2 aliphatic heterocycles.